The first-order valence-corrected chi connectivity index (χ1v) is 9.06. The van der Waals surface area contributed by atoms with E-state index in [9.17, 15) is 0 Å². The molecule has 1 radical (unpaired) electrons. The van der Waals surface area contributed by atoms with Crippen LogP contribution in [0.1, 0.15) is 12.0 Å². The minimum absolute atomic E-state index is 0.607. The van der Waals surface area contributed by atoms with E-state index in [1.54, 1.807) is 15.9 Å². The lowest BCUT2D eigenvalue weighted by atomic mass is 10.0. The average Bonchev–Trinajstić information content (AvgIpc) is 2.55. The van der Waals surface area contributed by atoms with Gasteiger partial charge < -0.3 is 0 Å². The first-order valence-electron chi connectivity index (χ1n) is 7.36. The van der Waals surface area contributed by atoms with Gasteiger partial charge in [-0.1, -0.05) is 84.4 Å². The van der Waals surface area contributed by atoms with Gasteiger partial charge in [0.2, 0.25) is 0 Å². The summed E-state index contributed by atoms with van der Waals surface area (Å²) in [5.41, 5.74) is 1.59. The molecule has 20 heavy (non-hydrogen) atoms. The van der Waals surface area contributed by atoms with Gasteiger partial charge in [-0.05, 0) is 27.9 Å². The molecule has 0 fully saturated rings. The van der Waals surface area contributed by atoms with Gasteiger partial charge in [-0.15, -0.1) is 0 Å². The Labute approximate surface area is 121 Å². The minimum atomic E-state index is -0.607. The summed E-state index contributed by atoms with van der Waals surface area (Å²) in [6.07, 6.45) is 2.59. The maximum atomic E-state index is 2.37. The highest BCUT2D eigenvalue weighted by Gasteiger charge is 2.25. The van der Waals surface area contributed by atoms with E-state index < -0.39 is 8.80 Å². The van der Waals surface area contributed by atoms with Crippen LogP contribution in [-0.4, -0.2) is 8.80 Å². The Morgan fingerprint density at radius 2 is 1.55 bits per heavy atom. The normalized spacial score (nSPS) is 15.2. The lowest BCUT2D eigenvalue weighted by Gasteiger charge is -2.26. The van der Waals surface area contributed by atoms with Gasteiger partial charge in [-0.2, -0.15) is 0 Å². The van der Waals surface area contributed by atoms with Crippen LogP contribution in [0.3, 0.4) is 0 Å². The molecule has 1 heterocycles. The van der Waals surface area contributed by atoms with Crippen molar-refractivity contribution in [2.45, 2.75) is 18.9 Å². The largest absolute Gasteiger partial charge is 0.122 e. The van der Waals surface area contributed by atoms with E-state index in [4.69, 9.17) is 0 Å². The van der Waals surface area contributed by atoms with E-state index >= 15 is 0 Å². The quantitative estimate of drug-likeness (QED) is 0.596. The Bertz CT molecular complexity index is 746. The molecule has 1 heteroatoms. The maximum Gasteiger partial charge on any atom is 0.122 e. The van der Waals surface area contributed by atoms with Crippen LogP contribution in [0.4, 0.5) is 0 Å². The van der Waals surface area contributed by atoms with E-state index in [-0.39, 0.29) is 0 Å². The Hall–Kier alpha value is -1.86. The first kappa shape index (κ1) is 11.9. The van der Waals surface area contributed by atoms with Crippen LogP contribution in [0.25, 0.3) is 10.8 Å². The second-order valence-corrected chi connectivity index (χ2v) is 8.05. The Morgan fingerprint density at radius 1 is 0.750 bits per heavy atom. The monoisotopic (exact) mass is 273 g/mol. The average molecular weight is 273 g/mol. The molecule has 0 spiro atoms. The summed E-state index contributed by atoms with van der Waals surface area (Å²) in [4.78, 5) is 0. The molecular formula is C19H17Si. The molecule has 0 bridgehead atoms. The lowest BCUT2D eigenvalue weighted by Crippen LogP contribution is -2.46. The van der Waals surface area contributed by atoms with Crippen LogP contribution in [0, 0.1) is 0 Å². The Morgan fingerprint density at radius 3 is 2.45 bits per heavy atom. The number of rotatable bonds is 1. The number of hydrogen-bond donors (Lipinski definition) is 0. The second kappa shape index (κ2) is 4.91. The summed E-state index contributed by atoms with van der Waals surface area (Å²) in [5.74, 6) is 0. The molecule has 0 N–H and O–H groups in total. The zero-order chi connectivity index (χ0) is 13.4. The van der Waals surface area contributed by atoms with Gasteiger partial charge in [-0.3, -0.25) is 0 Å². The van der Waals surface area contributed by atoms with Gasteiger partial charge in [-0.25, -0.2) is 0 Å². The topological polar surface area (TPSA) is 0 Å². The highest BCUT2D eigenvalue weighted by atomic mass is 28.3. The maximum absolute atomic E-state index is 2.37. The fraction of sp³-hybridized carbons (Fsp3) is 0.158. The van der Waals surface area contributed by atoms with Crippen molar-refractivity contribution in [1.29, 1.82) is 0 Å². The minimum Gasteiger partial charge on any atom is -0.0628 e. The van der Waals surface area contributed by atoms with Crippen molar-refractivity contribution >= 4 is 29.9 Å². The molecule has 0 unspecified atom stereocenters. The number of aryl methyl sites for hydroxylation is 1. The third-order valence-electron chi connectivity index (χ3n) is 4.31. The number of benzene rings is 3. The molecule has 3 aromatic carbocycles. The molecule has 1 aliphatic rings. The molecule has 0 aromatic heterocycles. The highest BCUT2D eigenvalue weighted by molar-refractivity contribution is 6.87. The SMILES string of the molecule is c1ccc([Si]2CCCc3ccc4ccccc4c32)cc1. The van der Waals surface area contributed by atoms with Gasteiger partial charge in [0, 0.05) is 0 Å². The summed E-state index contributed by atoms with van der Waals surface area (Å²) in [6, 6.07) is 26.1. The standard InChI is InChI=1S/C19H17Si/c1-2-9-17(10-3-1)20-14-6-8-16-13-12-15-7-4-5-11-18(15)19(16)20/h1-5,7,9-13H,6,8,14H2. The van der Waals surface area contributed by atoms with Gasteiger partial charge in [0.05, 0.1) is 0 Å². The summed E-state index contributed by atoms with van der Waals surface area (Å²) < 4.78 is 0. The molecule has 97 valence electrons. The Balaban J connectivity index is 1.97. The van der Waals surface area contributed by atoms with Crippen molar-refractivity contribution in [2.24, 2.45) is 0 Å². The predicted molar refractivity (Wildman–Crippen MR) is 88.5 cm³/mol. The van der Waals surface area contributed by atoms with Crippen LogP contribution in [0.5, 0.6) is 0 Å². The summed E-state index contributed by atoms with van der Waals surface area (Å²) in [6.45, 7) is 0. The smallest absolute Gasteiger partial charge is 0.0628 e. The Kier molecular flexibility index (Phi) is 2.93. The summed E-state index contributed by atoms with van der Waals surface area (Å²) in [7, 11) is -0.607. The zero-order valence-electron chi connectivity index (χ0n) is 11.5. The summed E-state index contributed by atoms with van der Waals surface area (Å²) >= 11 is 0. The molecule has 0 saturated carbocycles. The molecule has 3 aromatic rings. The van der Waals surface area contributed by atoms with E-state index in [1.807, 2.05) is 0 Å². The van der Waals surface area contributed by atoms with E-state index in [0.29, 0.717) is 0 Å². The van der Waals surface area contributed by atoms with Crippen molar-refractivity contribution in [3.63, 3.8) is 0 Å². The van der Waals surface area contributed by atoms with Crippen molar-refractivity contribution < 1.29 is 0 Å². The first-order chi connectivity index (χ1) is 9.93. The fourth-order valence-corrected chi connectivity index (χ4v) is 6.49. The second-order valence-electron chi connectivity index (χ2n) is 5.52. The van der Waals surface area contributed by atoms with E-state index in [0.717, 1.165) is 0 Å². The van der Waals surface area contributed by atoms with Gasteiger partial charge in [0.15, 0.2) is 0 Å². The van der Waals surface area contributed by atoms with E-state index in [2.05, 4.69) is 66.7 Å². The molecule has 0 aliphatic carbocycles. The molecule has 1 aliphatic heterocycles. The molecule has 4 rings (SSSR count). The molecule has 0 saturated heterocycles. The van der Waals surface area contributed by atoms with E-state index in [1.165, 1.54) is 29.7 Å². The van der Waals surface area contributed by atoms with Crippen LogP contribution in [0.15, 0.2) is 66.7 Å². The molecule has 0 nitrogen and oxygen atoms in total. The van der Waals surface area contributed by atoms with Crippen molar-refractivity contribution in [1.82, 2.24) is 0 Å². The van der Waals surface area contributed by atoms with Gasteiger partial charge in [0.1, 0.15) is 8.80 Å². The highest BCUT2D eigenvalue weighted by Crippen LogP contribution is 2.21. The van der Waals surface area contributed by atoms with Crippen LogP contribution in [0.2, 0.25) is 6.04 Å². The van der Waals surface area contributed by atoms with Crippen molar-refractivity contribution in [3.8, 4) is 0 Å². The lowest BCUT2D eigenvalue weighted by molar-refractivity contribution is 0.903. The number of fused-ring (bicyclic) bond motifs is 3. The summed E-state index contributed by atoms with van der Waals surface area (Å²) in [5, 5.41) is 6.12. The van der Waals surface area contributed by atoms with Crippen molar-refractivity contribution in [3.05, 3.63) is 72.3 Å². The van der Waals surface area contributed by atoms with Gasteiger partial charge in [0.25, 0.3) is 0 Å². The molecule has 0 atom stereocenters. The third-order valence-corrected chi connectivity index (χ3v) is 7.39. The fourth-order valence-electron chi connectivity index (χ4n) is 3.39. The predicted octanol–water partition coefficient (Wildman–Crippen LogP) is 3.40. The number of hydrogen-bond acceptors (Lipinski definition) is 0. The van der Waals surface area contributed by atoms with Crippen LogP contribution >= 0.6 is 0 Å². The third kappa shape index (κ3) is 1.90. The van der Waals surface area contributed by atoms with Gasteiger partial charge >= 0.3 is 0 Å². The molecule has 0 amide bonds. The van der Waals surface area contributed by atoms with Crippen molar-refractivity contribution in [2.75, 3.05) is 0 Å². The van der Waals surface area contributed by atoms with Crippen LogP contribution in [-0.2, 0) is 6.42 Å². The molecular weight excluding hydrogens is 256 g/mol. The zero-order valence-corrected chi connectivity index (χ0v) is 12.5. The van der Waals surface area contributed by atoms with Crippen LogP contribution < -0.4 is 10.4 Å².